The highest BCUT2D eigenvalue weighted by Gasteiger charge is 2.15. The van der Waals surface area contributed by atoms with Crippen molar-refractivity contribution in [1.82, 2.24) is 10.2 Å². The van der Waals surface area contributed by atoms with Gasteiger partial charge in [0, 0.05) is 44.5 Å². The van der Waals surface area contributed by atoms with Crippen molar-refractivity contribution in [2.45, 2.75) is 12.8 Å². The predicted molar refractivity (Wildman–Crippen MR) is 104 cm³/mol. The zero-order chi connectivity index (χ0) is 18.8. The Labute approximate surface area is 154 Å². The molecule has 0 radical (unpaired) electrons. The Morgan fingerprint density at radius 2 is 2.19 bits per heavy atom. The average Bonchev–Trinajstić information content (AvgIpc) is 2.88. The first kappa shape index (κ1) is 19.5. The number of ether oxygens (including phenoxy) is 1. The molecule has 1 saturated heterocycles. The van der Waals surface area contributed by atoms with E-state index in [4.69, 9.17) is 16.2 Å². The third-order valence-electron chi connectivity index (χ3n) is 4.00. The minimum Gasteiger partial charge on any atom is -0.485 e. The van der Waals surface area contributed by atoms with Gasteiger partial charge < -0.3 is 26.4 Å². The normalized spacial score (nSPS) is 18.7. The summed E-state index contributed by atoms with van der Waals surface area (Å²) >= 11 is 0. The van der Waals surface area contributed by atoms with Crippen LogP contribution in [-0.2, 0) is 9.53 Å². The minimum absolute atomic E-state index is 0.0912. The second kappa shape index (κ2) is 10.2. The summed E-state index contributed by atoms with van der Waals surface area (Å²) in [6.07, 6.45) is 11.5. The lowest BCUT2D eigenvalue weighted by Crippen LogP contribution is -2.46. The van der Waals surface area contributed by atoms with E-state index >= 15 is 0 Å². The second-order valence-corrected chi connectivity index (χ2v) is 5.95. The standard InChI is InChI=1S/C19H27N5O2/c1-2-16(20)13-15(6-7-18(25)24-11-9-22-10-12-24)14-26-17-5-3-4-8-23-19(17)21/h2,4-6,8,13,22H,1,3,7,9-12,14,20H2,(H2,21,23)/b15-6+,16-13+. The van der Waals surface area contributed by atoms with E-state index in [9.17, 15) is 4.79 Å². The van der Waals surface area contributed by atoms with E-state index in [0.717, 1.165) is 31.8 Å². The van der Waals surface area contributed by atoms with Gasteiger partial charge in [0.2, 0.25) is 5.91 Å². The van der Waals surface area contributed by atoms with Crippen molar-refractivity contribution in [3.05, 3.63) is 60.2 Å². The van der Waals surface area contributed by atoms with Crippen LogP contribution in [0.2, 0.25) is 0 Å². The molecule has 1 amide bonds. The molecule has 2 rings (SSSR count). The summed E-state index contributed by atoms with van der Waals surface area (Å²) in [5, 5.41) is 3.23. The molecule has 0 saturated carbocycles. The van der Waals surface area contributed by atoms with Gasteiger partial charge in [-0.2, -0.15) is 0 Å². The minimum atomic E-state index is 0.0912. The molecule has 2 heterocycles. The first-order valence-corrected chi connectivity index (χ1v) is 8.69. The van der Waals surface area contributed by atoms with Gasteiger partial charge in [0.15, 0.2) is 11.6 Å². The molecule has 0 aromatic heterocycles. The predicted octanol–water partition coefficient (Wildman–Crippen LogP) is 0.938. The molecular formula is C19H27N5O2. The number of aliphatic imine (C=N–C) groups is 1. The van der Waals surface area contributed by atoms with E-state index < -0.39 is 0 Å². The fraction of sp³-hybridized carbons (Fsp3) is 0.368. The lowest BCUT2D eigenvalue weighted by molar-refractivity contribution is -0.130. The molecule has 0 bridgehead atoms. The molecule has 0 aliphatic carbocycles. The third-order valence-corrected chi connectivity index (χ3v) is 4.00. The molecule has 0 aromatic carbocycles. The molecule has 0 aromatic rings. The van der Waals surface area contributed by atoms with E-state index in [1.54, 1.807) is 18.4 Å². The van der Waals surface area contributed by atoms with Crippen LogP contribution in [0, 0.1) is 0 Å². The summed E-state index contributed by atoms with van der Waals surface area (Å²) in [5.74, 6) is 0.948. The average molecular weight is 357 g/mol. The van der Waals surface area contributed by atoms with Gasteiger partial charge in [0.1, 0.15) is 6.61 Å². The van der Waals surface area contributed by atoms with Crippen molar-refractivity contribution in [3.8, 4) is 0 Å². The van der Waals surface area contributed by atoms with Crippen LogP contribution in [0.25, 0.3) is 0 Å². The SMILES string of the molecule is C=C/C(N)=C\C(=C/CC(=O)N1CCNCC1)COC1=CCC=CN=C1N. The van der Waals surface area contributed by atoms with Gasteiger partial charge in [-0.15, -0.1) is 0 Å². The highest BCUT2D eigenvalue weighted by molar-refractivity contribution is 5.95. The van der Waals surface area contributed by atoms with Crippen LogP contribution in [0.4, 0.5) is 0 Å². The lowest BCUT2D eigenvalue weighted by Gasteiger charge is -2.27. The molecule has 140 valence electrons. The largest absolute Gasteiger partial charge is 0.485 e. The van der Waals surface area contributed by atoms with Crippen LogP contribution in [0.5, 0.6) is 0 Å². The van der Waals surface area contributed by atoms with Crippen LogP contribution >= 0.6 is 0 Å². The van der Waals surface area contributed by atoms with Crippen molar-refractivity contribution in [2.24, 2.45) is 16.5 Å². The first-order chi connectivity index (χ1) is 12.6. The van der Waals surface area contributed by atoms with E-state index in [1.807, 2.05) is 23.1 Å². The molecule has 7 nitrogen and oxygen atoms in total. The van der Waals surface area contributed by atoms with Crippen molar-refractivity contribution in [1.29, 1.82) is 0 Å². The van der Waals surface area contributed by atoms with Gasteiger partial charge in [-0.1, -0.05) is 18.7 Å². The summed E-state index contributed by atoms with van der Waals surface area (Å²) in [6, 6.07) is 0. The monoisotopic (exact) mass is 357 g/mol. The maximum Gasteiger partial charge on any atom is 0.226 e. The summed E-state index contributed by atoms with van der Waals surface area (Å²) in [7, 11) is 0. The molecule has 2 aliphatic rings. The quantitative estimate of drug-likeness (QED) is 0.588. The molecule has 0 atom stereocenters. The summed E-state index contributed by atoms with van der Waals surface area (Å²) in [5.41, 5.74) is 13.0. The van der Waals surface area contributed by atoms with Gasteiger partial charge in [-0.05, 0) is 30.2 Å². The van der Waals surface area contributed by atoms with Crippen molar-refractivity contribution in [3.63, 3.8) is 0 Å². The number of allylic oxidation sites excluding steroid dienone is 3. The van der Waals surface area contributed by atoms with Crippen molar-refractivity contribution >= 4 is 11.7 Å². The molecule has 0 spiro atoms. The number of hydrogen-bond donors (Lipinski definition) is 3. The molecule has 1 fully saturated rings. The zero-order valence-electron chi connectivity index (χ0n) is 15.0. The maximum absolute atomic E-state index is 12.3. The molecule has 2 aliphatic heterocycles. The second-order valence-electron chi connectivity index (χ2n) is 5.95. The van der Waals surface area contributed by atoms with Crippen LogP contribution in [-0.4, -0.2) is 49.4 Å². The van der Waals surface area contributed by atoms with E-state index in [0.29, 0.717) is 30.1 Å². The highest BCUT2D eigenvalue weighted by Crippen LogP contribution is 2.11. The number of nitrogens with zero attached hydrogens (tertiary/aromatic N) is 2. The van der Waals surface area contributed by atoms with Crippen LogP contribution in [0.1, 0.15) is 12.8 Å². The number of nitrogens with one attached hydrogen (secondary N) is 1. The Hall–Kier alpha value is -2.80. The Kier molecular flexibility index (Phi) is 7.70. The number of nitrogens with two attached hydrogens (primary N) is 2. The molecular weight excluding hydrogens is 330 g/mol. The fourth-order valence-electron chi connectivity index (χ4n) is 2.53. The molecule has 26 heavy (non-hydrogen) atoms. The third kappa shape index (κ3) is 6.25. The number of piperazine rings is 1. The van der Waals surface area contributed by atoms with Gasteiger partial charge in [-0.3, -0.25) is 4.79 Å². The van der Waals surface area contributed by atoms with Gasteiger partial charge >= 0.3 is 0 Å². The van der Waals surface area contributed by atoms with Crippen molar-refractivity contribution in [2.75, 3.05) is 32.8 Å². The Bertz CT molecular complexity index is 667. The zero-order valence-corrected chi connectivity index (χ0v) is 15.0. The van der Waals surface area contributed by atoms with Gasteiger partial charge in [-0.25, -0.2) is 4.99 Å². The first-order valence-electron chi connectivity index (χ1n) is 8.69. The smallest absolute Gasteiger partial charge is 0.226 e. The van der Waals surface area contributed by atoms with Crippen molar-refractivity contribution < 1.29 is 9.53 Å². The highest BCUT2D eigenvalue weighted by atomic mass is 16.5. The maximum atomic E-state index is 12.3. The molecule has 0 unspecified atom stereocenters. The number of amidine groups is 1. The Morgan fingerprint density at radius 3 is 2.92 bits per heavy atom. The Morgan fingerprint density at radius 1 is 1.42 bits per heavy atom. The van der Waals surface area contributed by atoms with E-state index in [2.05, 4.69) is 16.9 Å². The number of carbonyl (C=O) groups is 1. The molecule has 7 heteroatoms. The summed E-state index contributed by atoms with van der Waals surface area (Å²) < 4.78 is 5.79. The number of carbonyl (C=O) groups excluding carboxylic acids is 1. The number of hydrogen-bond acceptors (Lipinski definition) is 6. The van der Waals surface area contributed by atoms with Gasteiger partial charge in [0.05, 0.1) is 0 Å². The van der Waals surface area contributed by atoms with Crippen LogP contribution in [0.15, 0.2) is 65.2 Å². The van der Waals surface area contributed by atoms with Gasteiger partial charge in [0.25, 0.3) is 0 Å². The Balaban J connectivity index is 2.01. The number of rotatable bonds is 7. The topological polar surface area (TPSA) is 106 Å². The van der Waals surface area contributed by atoms with Crippen LogP contribution < -0.4 is 16.8 Å². The van der Waals surface area contributed by atoms with E-state index in [-0.39, 0.29) is 12.5 Å². The summed E-state index contributed by atoms with van der Waals surface area (Å²) in [4.78, 5) is 18.3. The lowest BCUT2D eigenvalue weighted by atomic mass is 10.1. The van der Waals surface area contributed by atoms with Crippen LogP contribution in [0.3, 0.4) is 0 Å². The number of amides is 1. The fourth-order valence-corrected chi connectivity index (χ4v) is 2.53. The summed E-state index contributed by atoms with van der Waals surface area (Å²) in [6.45, 7) is 7.02. The molecule has 5 N–H and O–H groups in total. The van der Waals surface area contributed by atoms with E-state index in [1.165, 1.54) is 0 Å².